The van der Waals surface area contributed by atoms with Gasteiger partial charge in [0.25, 0.3) is 5.91 Å². The van der Waals surface area contributed by atoms with Gasteiger partial charge in [-0.1, -0.05) is 44.5 Å². The minimum absolute atomic E-state index is 0.0112. The Kier molecular flexibility index (Phi) is 8.91. The lowest BCUT2D eigenvalue weighted by Crippen LogP contribution is -2.47. The zero-order chi connectivity index (χ0) is 30.0. The van der Waals surface area contributed by atoms with Crippen LogP contribution in [-0.4, -0.2) is 59.8 Å². The van der Waals surface area contributed by atoms with Crippen LogP contribution in [0.5, 0.6) is 5.75 Å². The number of carbonyl (C=O) groups excluding carboxylic acids is 2. The summed E-state index contributed by atoms with van der Waals surface area (Å²) < 4.78 is 25.1. The highest BCUT2D eigenvalue weighted by atomic mass is 35.5. The van der Waals surface area contributed by atoms with Crippen LogP contribution < -0.4 is 10.1 Å². The number of rotatable bonds is 11. The monoisotopic (exact) mass is 602 g/mol. The molecule has 0 spiro atoms. The van der Waals surface area contributed by atoms with Crippen LogP contribution in [0.15, 0.2) is 60.4 Å². The fourth-order valence-corrected chi connectivity index (χ4v) is 5.34. The number of amides is 2. The van der Waals surface area contributed by atoms with E-state index in [-0.39, 0.29) is 23.4 Å². The number of hydrogen-bond donors (Lipinski definition) is 1. The topological polar surface area (TPSA) is 104 Å². The Hall–Kier alpha value is -3.28. The maximum atomic E-state index is 13.6. The average Bonchev–Trinajstić information content (AvgIpc) is 3.56. The number of para-hydroxylation sites is 1. The molecule has 1 N–H and O–H groups in total. The van der Waals surface area contributed by atoms with Gasteiger partial charge in [-0.3, -0.25) is 14.3 Å². The fourth-order valence-electron chi connectivity index (χ4n) is 4.10. The van der Waals surface area contributed by atoms with E-state index in [1.165, 1.54) is 11.0 Å². The van der Waals surface area contributed by atoms with Crippen molar-refractivity contribution in [3.8, 4) is 5.75 Å². The van der Waals surface area contributed by atoms with Gasteiger partial charge in [0.05, 0.1) is 11.6 Å². The molecule has 2 aliphatic heterocycles. The van der Waals surface area contributed by atoms with Gasteiger partial charge in [0.15, 0.2) is 19.9 Å². The Labute approximate surface area is 247 Å². The van der Waals surface area contributed by atoms with Crippen molar-refractivity contribution in [3.63, 3.8) is 0 Å². The number of aromatic nitrogens is 2. The maximum absolute atomic E-state index is 13.6. The lowest BCUT2D eigenvalue weighted by atomic mass is 10.1. The highest BCUT2D eigenvalue weighted by Crippen LogP contribution is 2.37. The first kappa shape index (κ1) is 30.7. The van der Waals surface area contributed by atoms with Crippen LogP contribution >= 0.6 is 11.6 Å². The molecule has 2 amide bonds. The molecule has 1 atom stereocenters. The van der Waals surface area contributed by atoms with Crippen molar-refractivity contribution in [2.24, 2.45) is 0 Å². The molecule has 3 heterocycles. The summed E-state index contributed by atoms with van der Waals surface area (Å²) in [4.78, 5) is 28.2. The molecule has 2 aromatic rings. The number of allylic oxidation sites excluding steroid dienone is 1. The summed E-state index contributed by atoms with van der Waals surface area (Å²) >= 11 is 6.24. The van der Waals surface area contributed by atoms with E-state index in [1.807, 2.05) is 13.8 Å². The largest absolute Gasteiger partial charge is 0.458 e. The van der Waals surface area contributed by atoms with Gasteiger partial charge in [0.1, 0.15) is 30.4 Å². The molecule has 1 unspecified atom stereocenters. The summed E-state index contributed by atoms with van der Waals surface area (Å²) in [6, 6.07) is 7.92. The second-order valence-electron chi connectivity index (χ2n) is 12.1. The number of carbonyl (C=O) groups is 2. The Bertz CT molecular complexity index is 1350. The van der Waals surface area contributed by atoms with Gasteiger partial charge in [-0.15, -0.1) is 0 Å². The molecule has 4 rings (SSSR count). The molecular formula is C29H39ClN4O6Si. The summed E-state index contributed by atoms with van der Waals surface area (Å²) in [5.41, 5.74) is 0. The van der Waals surface area contributed by atoms with E-state index >= 15 is 0 Å². The predicted molar refractivity (Wildman–Crippen MR) is 159 cm³/mol. The van der Waals surface area contributed by atoms with Crippen LogP contribution in [0.3, 0.4) is 0 Å². The molecule has 0 saturated carbocycles. The lowest BCUT2D eigenvalue weighted by molar-refractivity contribution is -0.133. The molecule has 1 aromatic carbocycles. The number of ether oxygens (including phenoxy) is 3. The third-order valence-electron chi connectivity index (χ3n) is 7.37. The third kappa shape index (κ3) is 7.72. The summed E-state index contributed by atoms with van der Waals surface area (Å²) in [6.45, 7) is 15.2. The number of nitrogens with one attached hydrogen (secondary N) is 1. The second kappa shape index (κ2) is 11.9. The van der Waals surface area contributed by atoms with Gasteiger partial charge in [-0.25, -0.2) is 0 Å². The van der Waals surface area contributed by atoms with Crippen molar-refractivity contribution in [1.29, 1.82) is 0 Å². The number of benzene rings is 1. The van der Waals surface area contributed by atoms with Crippen LogP contribution in [0.25, 0.3) is 0 Å². The first-order valence-electron chi connectivity index (χ1n) is 13.6. The molecule has 1 aromatic heterocycles. The molecule has 12 heteroatoms. The molecule has 0 saturated heterocycles. The van der Waals surface area contributed by atoms with E-state index in [2.05, 4.69) is 44.3 Å². The van der Waals surface area contributed by atoms with Crippen LogP contribution in [0.2, 0.25) is 23.2 Å². The molecule has 0 aliphatic carbocycles. The average molecular weight is 603 g/mol. The number of hydrogen-bond acceptors (Lipinski definition) is 7. The van der Waals surface area contributed by atoms with Crippen LogP contribution in [0.1, 0.15) is 41.0 Å². The van der Waals surface area contributed by atoms with Gasteiger partial charge in [-0.2, -0.15) is 5.10 Å². The lowest BCUT2D eigenvalue weighted by Gasteiger charge is -2.37. The smallest absolute Gasteiger partial charge is 0.251 e. The Morgan fingerprint density at radius 3 is 2.63 bits per heavy atom. The van der Waals surface area contributed by atoms with Crippen molar-refractivity contribution < 1.29 is 28.2 Å². The fraction of sp³-hybridized carbons (Fsp3) is 0.483. The SMILES string of the molecule is CC1(C)OC=C(Cn2ccc(NC(=O)C(CCO[Si](C)(C)C(C)(C)C)N3CC(Oc4ccccc4Cl)=CC3=O)n2)O1. The normalized spacial score (nSPS) is 17.5. The van der Waals surface area contributed by atoms with Crippen molar-refractivity contribution in [3.05, 3.63) is 65.4 Å². The van der Waals surface area contributed by atoms with Crippen LogP contribution in [0.4, 0.5) is 5.82 Å². The van der Waals surface area contributed by atoms with Crippen LogP contribution in [0, 0.1) is 0 Å². The van der Waals surface area contributed by atoms with Crippen molar-refractivity contribution in [2.45, 2.75) is 77.5 Å². The van der Waals surface area contributed by atoms with Gasteiger partial charge in [-0.05, 0) is 36.7 Å². The van der Waals surface area contributed by atoms with E-state index in [0.717, 1.165) is 0 Å². The van der Waals surface area contributed by atoms with Gasteiger partial charge in [0, 0.05) is 38.8 Å². The van der Waals surface area contributed by atoms with E-state index in [0.29, 0.717) is 47.7 Å². The minimum atomic E-state index is -2.06. The van der Waals surface area contributed by atoms with Gasteiger partial charge in [0.2, 0.25) is 11.7 Å². The Morgan fingerprint density at radius 1 is 1.24 bits per heavy atom. The van der Waals surface area contributed by atoms with E-state index < -0.39 is 20.1 Å². The zero-order valence-corrected chi connectivity index (χ0v) is 26.4. The van der Waals surface area contributed by atoms with Gasteiger partial charge >= 0.3 is 0 Å². The molecule has 0 radical (unpaired) electrons. The van der Waals surface area contributed by atoms with Crippen molar-refractivity contribution >= 4 is 37.6 Å². The number of anilines is 1. The molecule has 2 aliphatic rings. The molecular weight excluding hydrogens is 564 g/mol. The predicted octanol–water partition coefficient (Wildman–Crippen LogP) is 5.68. The second-order valence-corrected chi connectivity index (χ2v) is 17.3. The Balaban J connectivity index is 1.45. The van der Waals surface area contributed by atoms with Crippen molar-refractivity contribution in [2.75, 3.05) is 18.5 Å². The highest BCUT2D eigenvalue weighted by molar-refractivity contribution is 6.74. The van der Waals surface area contributed by atoms with Crippen molar-refractivity contribution in [1.82, 2.24) is 14.7 Å². The van der Waals surface area contributed by atoms with Crippen LogP contribution in [-0.2, 0) is 30.0 Å². The maximum Gasteiger partial charge on any atom is 0.251 e. The molecule has 222 valence electrons. The molecule has 0 bridgehead atoms. The molecule has 0 fully saturated rings. The van der Waals surface area contributed by atoms with E-state index in [1.54, 1.807) is 47.5 Å². The Morgan fingerprint density at radius 2 is 1.98 bits per heavy atom. The summed E-state index contributed by atoms with van der Waals surface area (Å²) in [7, 11) is -2.06. The molecule has 10 nitrogen and oxygen atoms in total. The minimum Gasteiger partial charge on any atom is -0.458 e. The first-order valence-corrected chi connectivity index (χ1v) is 16.9. The van der Waals surface area contributed by atoms with E-state index in [9.17, 15) is 9.59 Å². The quantitative estimate of drug-likeness (QED) is 0.330. The third-order valence-corrected chi connectivity index (χ3v) is 12.2. The summed E-state index contributed by atoms with van der Waals surface area (Å²) in [6.07, 6.45) is 5.00. The number of nitrogens with zero attached hydrogens (tertiary/aromatic N) is 3. The van der Waals surface area contributed by atoms with E-state index in [4.69, 9.17) is 30.2 Å². The van der Waals surface area contributed by atoms with Gasteiger partial charge < -0.3 is 28.9 Å². The standard InChI is InChI=1S/C29H39ClN4O6Si/c1-28(2,3)41(6,7)38-15-13-23(34-18-20(16-26(34)35)39-24-11-9-8-10-22(24)30)27(36)31-25-12-14-33(32-25)17-21-19-37-29(4,5)40-21/h8-12,14,16,19,23H,13,15,17-18H2,1-7H3,(H,31,32,36). The summed E-state index contributed by atoms with van der Waals surface area (Å²) in [5, 5.41) is 7.76. The first-order chi connectivity index (χ1) is 19.1. The summed E-state index contributed by atoms with van der Waals surface area (Å²) in [5.74, 6) is 0.425. The number of halogens is 1. The zero-order valence-electron chi connectivity index (χ0n) is 24.7. The highest BCUT2D eigenvalue weighted by Gasteiger charge is 2.39. The molecule has 41 heavy (non-hydrogen) atoms.